The molecule has 0 aliphatic heterocycles. The third-order valence-corrected chi connectivity index (χ3v) is 4.34. The Kier molecular flexibility index (Phi) is 2.81. The van der Waals surface area contributed by atoms with E-state index in [4.69, 9.17) is 4.42 Å². The lowest BCUT2D eigenvalue weighted by molar-refractivity contribution is 0.0699. The highest BCUT2D eigenvalue weighted by atomic mass is 16.4. The molecule has 1 aromatic carbocycles. The first-order chi connectivity index (χ1) is 9.16. The van der Waals surface area contributed by atoms with Gasteiger partial charge in [0.2, 0.25) is 5.89 Å². The Morgan fingerprint density at radius 1 is 1.42 bits per heavy atom. The molecule has 0 saturated heterocycles. The molecule has 0 bridgehead atoms. The van der Waals surface area contributed by atoms with Gasteiger partial charge in [0, 0.05) is 5.41 Å². The van der Waals surface area contributed by atoms with E-state index >= 15 is 0 Å². The average molecular weight is 259 g/mol. The number of hydrogen-bond donors (Lipinski definition) is 1. The number of aromatic carboxylic acids is 1. The van der Waals surface area contributed by atoms with Gasteiger partial charge in [-0.15, -0.1) is 0 Å². The molecule has 1 N–H and O–H groups in total. The number of benzene rings is 1. The molecule has 1 saturated carbocycles. The summed E-state index contributed by atoms with van der Waals surface area (Å²) in [5, 5.41) is 9.20. The second-order valence-electron chi connectivity index (χ2n) is 5.32. The minimum Gasteiger partial charge on any atom is -0.478 e. The van der Waals surface area contributed by atoms with Gasteiger partial charge in [0.05, 0.1) is 5.56 Å². The van der Waals surface area contributed by atoms with E-state index in [0.29, 0.717) is 11.1 Å². The van der Waals surface area contributed by atoms with Crippen LogP contribution >= 0.6 is 0 Å². The van der Waals surface area contributed by atoms with Gasteiger partial charge in [0.25, 0.3) is 0 Å². The van der Waals surface area contributed by atoms with Crippen LogP contribution in [0.15, 0.2) is 22.6 Å². The summed E-state index contributed by atoms with van der Waals surface area (Å²) < 4.78 is 5.86. The zero-order chi connectivity index (χ0) is 13.5. The monoisotopic (exact) mass is 259 g/mol. The van der Waals surface area contributed by atoms with Crippen LogP contribution < -0.4 is 0 Å². The third kappa shape index (κ3) is 1.82. The highest BCUT2D eigenvalue weighted by Gasteiger charge is 2.38. The average Bonchev–Trinajstić information content (AvgIpc) is 3.05. The number of hydrogen-bond acceptors (Lipinski definition) is 3. The van der Waals surface area contributed by atoms with Crippen LogP contribution in [0.1, 0.15) is 55.3 Å². The quantitative estimate of drug-likeness (QED) is 0.911. The SMILES string of the molecule is CCC1(c2nc3c(C(=O)O)cccc3o2)CCCC1. The first kappa shape index (κ1) is 12.2. The van der Waals surface area contributed by atoms with Crippen molar-refractivity contribution < 1.29 is 14.3 Å². The maximum absolute atomic E-state index is 11.2. The number of rotatable bonds is 3. The molecule has 0 unspecified atom stereocenters. The van der Waals surface area contributed by atoms with Gasteiger partial charge in [-0.1, -0.05) is 25.8 Å². The van der Waals surface area contributed by atoms with Gasteiger partial charge in [-0.25, -0.2) is 9.78 Å². The zero-order valence-corrected chi connectivity index (χ0v) is 11.0. The van der Waals surface area contributed by atoms with Crippen molar-refractivity contribution in [3.05, 3.63) is 29.7 Å². The van der Waals surface area contributed by atoms with Crippen molar-refractivity contribution in [2.45, 2.75) is 44.4 Å². The van der Waals surface area contributed by atoms with Gasteiger partial charge in [-0.3, -0.25) is 0 Å². The number of carboxylic acid groups (broad SMARTS) is 1. The lowest BCUT2D eigenvalue weighted by Crippen LogP contribution is -2.21. The summed E-state index contributed by atoms with van der Waals surface area (Å²) in [6.45, 7) is 2.15. The van der Waals surface area contributed by atoms with Gasteiger partial charge >= 0.3 is 5.97 Å². The van der Waals surface area contributed by atoms with Gasteiger partial charge in [0.1, 0.15) is 5.52 Å². The predicted molar refractivity (Wildman–Crippen MR) is 71.4 cm³/mol. The summed E-state index contributed by atoms with van der Waals surface area (Å²) in [7, 11) is 0. The van der Waals surface area contributed by atoms with Crippen molar-refractivity contribution in [3.8, 4) is 0 Å². The number of oxazole rings is 1. The Bertz CT molecular complexity index is 623. The molecule has 1 fully saturated rings. The standard InChI is InChI=1S/C15H17NO3/c1-2-15(8-3-4-9-15)14-16-12-10(13(17)18)6-5-7-11(12)19-14/h5-7H,2-4,8-9H2,1H3,(H,17,18). The number of carbonyl (C=O) groups is 1. The lowest BCUT2D eigenvalue weighted by Gasteiger charge is -2.22. The van der Waals surface area contributed by atoms with E-state index in [9.17, 15) is 9.90 Å². The zero-order valence-electron chi connectivity index (χ0n) is 11.0. The molecule has 19 heavy (non-hydrogen) atoms. The molecule has 0 radical (unpaired) electrons. The first-order valence-electron chi connectivity index (χ1n) is 6.79. The van der Waals surface area contributed by atoms with Crippen LogP contribution in [-0.2, 0) is 5.41 Å². The van der Waals surface area contributed by atoms with Crippen LogP contribution in [0.3, 0.4) is 0 Å². The summed E-state index contributed by atoms with van der Waals surface area (Å²) in [5.74, 6) is -0.237. The fourth-order valence-corrected chi connectivity index (χ4v) is 3.12. The smallest absolute Gasteiger partial charge is 0.338 e. The molecule has 1 aromatic heterocycles. The highest BCUT2D eigenvalue weighted by molar-refractivity contribution is 6.00. The molecule has 1 aliphatic carbocycles. The molecule has 0 atom stereocenters. The largest absolute Gasteiger partial charge is 0.478 e. The van der Waals surface area contributed by atoms with Crippen LogP contribution in [-0.4, -0.2) is 16.1 Å². The molecular weight excluding hydrogens is 242 g/mol. The van der Waals surface area contributed by atoms with Crippen LogP contribution in [0.4, 0.5) is 0 Å². The molecule has 2 aromatic rings. The molecule has 1 heterocycles. The molecule has 4 nitrogen and oxygen atoms in total. The number of carboxylic acids is 1. The summed E-state index contributed by atoms with van der Waals surface area (Å²) in [4.78, 5) is 15.7. The minimum atomic E-state index is -0.956. The van der Waals surface area contributed by atoms with Crippen LogP contribution in [0, 0.1) is 0 Å². The topological polar surface area (TPSA) is 63.3 Å². The maximum Gasteiger partial charge on any atom is 0.338 e. The molecule has 100 valence electrons. The number of fused-ring (bicyclic) bond motifs is 1. The third-order valence-electron chi connectivity index (χ3n) is 4.34. The second kappa shape index (κ2) is 4.37. The van der Waals surface area contributed by atoms with Crippen LogP contribution in [0.2, 0.25) is 0 Å². The van der Waals surface area contributed by atoms with E-state index in [0.717, 1.165) is 25.2 Å². The predicted octanol–water partition coefficient (Wildman–Crippen LogP) is 3.75. The van der Waals surface area contributed by atoms with Crippen molar-refractivity contribution in [1.29, 1.82) is 0 Å². The van der Waals surface area contributed by atoms with E-state index in [-0.39, 0.29) is 11.0 Å². The normalized spacial score (nSPS) is 17.9. The first-order valence-corrected chi connectivity index (χ1v) is 6.79. The molecule has 0 amide bonds. The Balaban J connectivity index is 2.16. The van der Waals surface area contributed by atoms with Gasteiger partial charge < -0.3 is 9.52 Å². The van der Waals surface area contributed by atoms with Gasteiger partial charge in [-0.2, -0.15) is 0 Å². The number of nitrogens with zero attached hydrogens (tertiary/aromatic N) is 1. The Morgan fingerprint density at radius 2 is 2.16 bits per heavy atom. The fourth-order valence-electron chi connectivity index (χ4n) is 3.12. The number of aromatic nitrogens is 1. The lowest BCUT2D eigenvalue weighted by atomic mass is 9.83. The fraction of sp³-hybridized carbons (Fsp3) is 0.467. The van der Waals surface area contributed by atoms with Crippen LogP contribution in [0.5, 0.6) is 0 Å². The Morgan fingerprint density at radius 3 is 2.79 bits per heavy atom. The molecule has 0 spiro atoms. The molecule has 4 heteroatoms. The Labute approximate surface area is 111 Å². The van der Waals surface area contributed by atoms with E-state index in [1.165, 1.54) is 12.8 Å². The maximum atomic E-state index is 11.2. The van der Waals surface area contributed by atoms with Gasteiger partial charge in [-0.05, 0) is 31.4 Å². The summed E-state index contributed by atoms with van der Waals surface area (Å²) in [6, 6.07) is 5.06. The van der Waals surface area contributed by atoms with Crippen molar-refractivity contribution in [3.63, 3.8) is 0 Å². The van der Waals surface area contributed by atoms with Gasteiger partial charge in [0.15, 0.2) is 5.58 Å². The van der Waals surface area contributed by atoms with E-state index in [2.05, 4.69) is 11.9 Å². The van der Waals surface area contributed by atoms with E-state index in [1.54, 1.807) is 18.2 Å². The molecular formula is C15H17NO3. The second-order valence-corrected chi connectivity index (χ2v) is 5.32. The summed E-state index contributed by atoms with van der Waals surface area (Å²) in [5.41, 5.74) is 1.28. The van der Waals surface area contributed by atoms with Crippen molar-refractivity contribution in [2.24, 2.45) is 0 Å². The van der Waals surface area contributed by atoms with Crippen molar-refractivity contribution in [2.75, 3.05) is 0 Å². The van der Waals surface area contributed by atoms with E-state index in [1.807, 2.05) is 0 Å². The molecule has 1 aliphatic rings. The number of para-hydroxylation sites is 1. The Hall–Kier alpha value is -1.84. The summed E-state index contributed by atoms with van der Waals surface area (Å²) >= 11 is 0. The van der Waals surface area contributed by atoms with E-state index < -0.39 is 5.97 Å². The van der Waals surface area contributed by atoms with Crippen molar-refractivity contribution in [1.82, 2.24) is 4.98 Å². The minimum absolute atomic E-state index is 0.00872. The highest BCUT2D eigenvalue weighted by Crippen LogP contribution is 2.44. The van der Waals surface area contributed by atoms with Crippen molar-refractivity contribution >= 4 is 17.1 Å². The molecule has 3 rings (SSSR count). The van der Waals surface area contributed by atoms with Crippen LogP contribution in [0.25, 0.3) is 11.1 Å². The summed E-state index contributed by atoms with van der Waals surface area (Å²) in [6.07, 6.45) is 5.54.